The van der Waals surface area contributed by atoms with Crippen LogP contribution in [0.4, 0.5) is 0 Å². The molecular weight excluding hydrogens is 448 g/mol. The summed E-state index contributed by atoms with van der Waals surface area (Å²) in [6.45, 7) is 1.55. The van der Waals surface area contributed by atoms with Gasteiger partial charge in [-0.1, -0.05) is 18.2 Å². The summed E-state index contributed by atoms with van der Waals surface area (Å²) >= 11 is 0. The molecule has 9 nitrogen and oxygen atoms in total. The molecule has 0 radical (unpaired) electrons. The highest BCUT2D eigenvalue weighted by Crippen LogP contribution is 2.32. The number of aryl methyl sites for hydroxylation is 2. The molecule has 9 heteroatoms. The first kappa shape index (κ1) is 22.8. The Kier molecular flexibility index (Phi) is 6.31. The van der Waals surface area contributed by atoms with E-state index in [0.717, 1.165) is 28.1 Å². The van der Waals surface area contributed by atoms with Crippen molar-refractivity contribution < 1.29 is 23.8 Å². The highest BCUT2D eigenvalue weighted by Gasteiger charge is 2.29. The van der Waals surface area contributed by atoms with E-state index >= 15 is 0 Å². The number of benzene rings is 2. The van der Waals surface area contributed by atoms with E-state index in [2.05, 4.69) is 10.4 Å². The summed E-state index contributed by atoms with van der Waals surface area (Å²) in [6, 6.07) is 13.3. The third-order valence-electron chi connectivity index (χ3n) is 6.49. The molecule has 2 aliphatic heterocycles. The number of aromatic nitrogens is 2. The van der Waals surface area contributed by atoms with Gasteiger partial charge in [0.2, 0.25) is 12.7 Å². The number of hydrogen-bond acceptors (Lipinski definition) is 6. The van der Waals surface area contributed by atoms with Gasteiger partial charge in [-0.25, -0.2) is 0 Å². The zero-order chi connectivity index (χ0) is 24.4. The summed E-state index contributed by atoms with van der Waals surface area (Å²) in [5.74, 6) is 1.99. The number of rotatable bonds is 7. The molecule has 2 amide bonds. The molecule has 0 atom stereocenters. The minimum atomic E-state index is -0.257. The highest BCUT2D eigenvalue weighted by atomic mass is 16.7. The molecule has 3 heterocycles. The van der Waals surface area contributed by atoms with E-state index in [0.29, 0.717) is 56.1 Å². The number of fused-ring (bicyclic) bond motifs is 2. The number of nitrogens with zero attached hydrogens (tertiary/aromatic N) is 3. The third-order valence-corrected chi connectivity index (χ3v) is 6.49. The SMILES string of the molecule is COc1ccc(CCC(=O)N2CCc3c(c(C(=O)NCc4ccc5c(c4)OCO5)nn3C)C2)cc1. The molecule has 5 rings (SSSR count). The minimum Gasteiger partial charge on any atom is -0.497 e. The van der Waals surface area contributed by atoms with Crippen LogP contribution in [0.2, 0.25) is 0 Å². The Balaban J connectivity index is 1.22. The normalized spacial score (nSPS) is 13.9. The van der Waals surface area contributed by atoms with Crippen molar-refractivity contribution in [3.05, 3.63) is 70.5 Å². The van der Waals surface area contributed by atoms with Gasteiger partial charge in [-0.3, -0.25) is 14.3 Å². The molecule has 0 fully saturated rings. The van der Waals surface area contributed by atoms with E-state index in [9.17, 15) is 9.59 Å². The Morgan fingerprint density at radius 3 is 2.66 bits per heavy atom. The average molecular weight is 477 g/mol. The Labute approximate surface area is 203 Å². The number of nitrogens with one attached hydrogen (secondary N) is 1. The zero-order valence-electron chi connectivity index (χ0n) is 19.9. The average Bonchev–Trinajstić information content (AvgIpc) is 3.49. The van der Waals surface area contributed by atoms with Crippen LogP contribution in [-0.2, 0) is 37.8 Å². The third kappa shape index (κ3) is 4.80. The topological polar surface area (TPSA) is 94.9 Å². The molecule has 0 saturated heterocycles. The fourth-order valence-electron chi connectivity index (χ4n) is 4.51. The van der Waals surface area contributed by atoms with E-state index in [4.69, 9.17) is 14.2 Å². The molecule has 35 heavy (non-hydrogen) atoms. The molecule has 0 bridgehead atoms. The van der Waals surface area contributed by atoms with Gasteiger partial charge in [-0.05, 0) is 41.8 Å². The predicted molar refractivity (Wildman–Crippen MR) is 127 cm³/mol. The molecule has 2 aliphatic rings. The van der Waals surface area contributed by atoms with Crippen molar-refractivity contribution in [3.63, 3.8) is 0 Å². The van der Waals surface area contributed by atoms with Crippen LogP contribution >= 0.6 is 0 Å². The van der Waals surface area contributed by atoms with E-state index in [1.54, 1.807) is 11.8 Å². The lowest BCUT2D eigenvalue weighted by Crippen LogP contribution is -2.37. The molecule has 0 spiro atoms. The molecule has 0 unspecified atom stereocenters. The summed E-state index contributed by atoms with van der Waals surface area (Å²) in [5.41, 5.74) is 4.18. The Morgan fingerprint density at radius 2 is 1.86 bits per heavy atom. The highest BCUT2D eigenvalue weighted by molar-refractivity contribution is 5.94. The standard InChI is InChI=1S/C26H28N4O5/c1-29-21-11-12-30(24(31)10-6-17-3-7-19(33-2)8-4-17)15-20(21)25(28-29)26(32)27-14-18-5-9-22-23(13-18)35-16-34-22/h3-5,7-9,13H,6,10-12,14-16H2,1-2H3,(H,27,32). The van der Waals surface area contributed by atoms with Gasteiger partial charge in [0.15, 0.2) is 17.2 Å². The summed E-state index contributed by atoms with van der Waals surface area (Å²) in [4.78, 5) is 27.8. The van der Waals surface area contributed by atoms with E-state index in [1.165, 1.54) is 0 Å². The number of amides is 2. The lowest BCUT2D eigenvalue weighted by Gasteiger charge is -2.27. The number of methoxy groups -OCH3 is 1. The van der Waals surface area contributed by atoms with Gasteiger partial charge < -0.3 is 24.4 Å². The van der Waals surface area contributed by atoms with Crippen molar-refractivity contribution in [2.24, 2.45) is 7.05 Å². The number of ether oxygens (including phenoxy) is 3. The van der Waals surface area contributed by atoms with E-state index < -0.39 is 0 Å². The van der Waals surface area contributed by atoms with Crippen LogP contribution in [0.1, 0.15) is 39.3 Å². The van der Waals surface area contributed by atoms with Gasteiger partial charge in [0.25, 0.3) is 5.91 Å². The predicted octanol–water partition coefficient (Wildman–Crippen LogP) is 2.60. The van der Waals surface area contributed by atoms with Crippen LogP contribution in [0.15, 0.2) is 42.5 Å². The fraction of sp³-hybridized carbons (Fsp3) is 0.346. The molecule has 1 N–H and O–H groups in total. The summed E-state index contributed by atoms with van der Waals surface area (Å²) in [7, 11) is 3.47. The second-order valence-electron chi connectivity index (χ2n) is 8.68. The van der Waals surface area contributed by atoms with Crippen LogP contribution in [0, 0.1) is 0 Å². The molecule has 1 aromatic heterocycles. The molecule has 0 saturated carbocycles. The maximum absolute atomic E-state index is 13.0. The molecule has 3 aromatic rings. The molecule has 182 valence electrons. The van der Waals surface area contributed by atoms with Crippen LogP contribution < -0.4 is 19.5 Å². The molecule has 0 aliphatic carbocycles. The smallest absolute Gasteiger partial charge is 0.272 e. The summed E-state index contributed by atoms with van der Waals surface area (Å²) in [6.07, 6.45) is 1.73. The van der Waals surface area contributed by atoms with Crippen molar-refractivity contribution in [2.45, 2.75) is 32.4 Å². The second-order valence-corrected chi connectivity index (χ2v) is 8.68. The number of carbonyl (C=O) groups excluding carboxylic acids is 2. The van der Waals surface area contributed by atoms with Gasteiger partial charge in [-0.2, -0.15) is 5.10 Å². The van der Waals surface area contributed by atoms with Crippen LogP contribution in [-0.4, -0.2) is 46.9 Å². The first-order chi connectivity index (χ1) is 17.0. The van der Waals surface area contributed by atoms with Gasteiger partial charge in [0, 0.05) is 50.8 Å². The zero-order valence-corrected chi connectivity index (χ0v) is 19.9. The first-order valence-electron chi connectivity index (χ1n) is 11.6. The van der Waals surface area contributed by atoms with E-state index in [1.807, 2.05) is 54.4 Å². The van der Waals surface area contributed by atoms with E-state index in [-0.39, 0.29) is 18.6 Å². The first-order valence-corrected chi connectivity index (χ1v) is 11.6. The van der Waals surface area contributed by atoms with Gasteiger partial charge in [0.05, 0.1) is 7.11 Å². The number of carbonyl (C=O) groups is 2. The van der Waals surface area contributed by atoms with Crippen molar-refractivity contribution in [1.29, 1.82) is 0 Å². The second kappa shape index (κ2) is 9.69. The van der Waals surface area contributed by atoms with Crippen LogP contribution in [0.5, 0.6) is 17.2 Å². The van der Waals surface area contributed by atoms with Crippen molar-refractivity contribution in [2.75, 3.05) is 20.4 Å². The Bertz CT molecular complexity index is 1250. The lowest BCUT2D eigenvalue weighted by molar-refractivity contribution is -0.132. The van der Waals surface area contributed by atoms with Crippen molar-refractivity contribution in [1.82, 2.24) is 20.0 Å². The monoisotopic (exact) mass is 476 g/mol. The quantitative estimate of drug-likeness (QED) is 0.563. The van der Waals surface area contributed by atoms with Crippen LogP contribution in [0.25, 0.3) is 0 Å². The minimum absolute atomic E-state index is 0.0713. The fourth-order valence-corrected chi connectivity index (χ4v) is 4.51. The van der Waals surface area contributed by atoms with Crippen molar-refractivity contribution >= 4 is 11.8 Å². The number of hydrogen-bond donors (Lipinski definition) is 1. The van der Waals surface area contributed by atoms with Gasteiger partial charge >= 0.3 is 0 Å². The summed E-state index contributed by atoms with van der Waals surface area (Å²) < 4.78 is 17.7. The van der Waals surface area contributed by atoms with Crippen LogP contribution in [0.3, 0.4) is 0 Å². The molecule has 2 aromatic carbocycles. The Morgan fingerprint density at radius 1 is 1.09 bits per heavy atom. The van der Waals surface area contributed by atoms with Gasteiger partial charge in [0.1, 0.15) is 5.75 Å². The Hall–Kier alpha value is -4.01. The van der Waals surface area contributed by atoms with Crippen molar-refractivity contribution in [3.8, 4) is 17.2 Å². The lowest BCUT2D eigenvalue weighted by atomic mass is 10.0. The van der Waals surface area contributed by atoms with Gasteiger partial charge in [-0.15, -0.1) is 0 Å². The largest absolute Gasteiger partial charge is 0.497 e. The maximum Gasteiger partial charge on any atom is 0.272 e. The molecular formula is C26H28N4O5. The summed E-state index contributed by atoms with van der Waals surface area (Å²) in [5, 5.41) is 7.42. The maximum atomic E-state index is 13.0.